The molecule has 2 aromatic rings. The maximum Gasteiger partial charge on any atom is 0.261 e. The lowest BCUT2D eigenvalue weighted by atomic mass is 10.2. The summed E-state index contributed by atoms with van der Waals surface area (Å²) in [6, 6.07) is 5.69. The Morgan fingerprint density at radius 1 is 1.50 bits per heavy atom. The quantitative estimate of drug-likeness (QED) is 0.885. The van der Waals surface area contributed by atoms with E-state index >= 15 is 0 Å². The van der Waals surface area contributed by atoms with Crippen molar-refractivity contribution in [3.63, 3.8) is 0 Å². The minimum Gasteiger partial charge on any atom is -0.388 e. The molecule has 0 fully saturated rings. The van der Waals surface area contributed by atoms with Gasteiger partial charge in [0.25, 0.3) is 5.91 Å². The van der Waals surface area contributed by atoms with Gasteiger partial charge in [-0.1, -0.05) is 6.07 Å². The summed E-state index contributed by atoms with van der Waals surface area (Å²) >= 11 is 2.97. The largest absolute Gasteiger partial charge is 0.388 e. The van der Waals surface area contributed by atoms with Gasteiger partial charge in [-0.05, 0) is 41.8 Å². The fourth-order valence-corrected chi connectivity index (χ4v) is 3.14. The SMILES string of the molecule is Cc1csc(C(=O)NCCC(O)c2cccs2)c1. The van der Waals surface area contributed by atoms with Gasteiger partial charge in [-0.25, -0.2) is 0 Å². The molecule has 1 unspecified atom stereocenters. The smallest absolute Gasteiger partial charge is 0.261 e. The Bertz CT molecular complexity index is 505. The first-order valence-corrected chi connectivity index (χ1v) is 7.47. The fourth-order valence-electron chi connectivity index (χ4n) is 1.58. The van der Waals surface area contributed by atoms with Crippen molar-refractivity contribution in [2.45, 2.75) is 19.4 Å². The molecule has 3 nitrogen and oxygen atoms in total. The van der Waals surface area contributed by atoms with Crippen molar-refractivity contribution < 1.29 is 9.90 Å². The number of hydrogen-bond donors (Lipinski definition) is 2. The van der Waals surface area contributed by atoms with Crippen molar-refractivity contribution in [1.82, 2.24) is 5.32 Å². The van der Waals surface area contributed by atoms with Crippen LogP contribution in [0.25, 0.3) is 0 Å². The van der Waals surface area contributed by atoms with Crippen LogP contribution in [0.15, 0.2) is 29.0 Å². The molecule has 2 aromatic heterocycles. The molecule has 2 rings (SSSR count). The molecule has 1 atom stereocenters. The first-order valence-electron chi connectivity index (χ1n) is 5.71. The highest BCUT2D eigenvalue weighted by Gasteiger charge is 2.10. The normalized spacial score (nSPS) is 12.3. The first kappa shape index (κ1) is 13.3. The van der Waals surface area contributed by atoms with E-state index in [9.17, 15) is 9.90 Å². The zero-order chi connectivity index (χ0) is 13.0. The number of aliphatic hydroxyl groups excluding tert-OH is 1. The van der Waals surface area contributed by atoms with Gasteiger partial charge in [0.05, 0.1) is 11.0 Å². The molecule has 0 aliphatic carbocycles. The molecule has 0 aromatic carbocycles. The van der Waals surface area contributed by atoms with E-state index in [1.807, 2.05) is 35.9 Å². The lowest BCUT2D eigenvalue weighted by Crippen LogP contribution is -2.24. The molecule has 0 aliphatic rings. The van der Waals surface area contributed by atoms with Crippen LogP contribution in [-0.4, -0.2) is 17.6 Å². The summed E-state index contributed by atoms with van der Waals surface area (Å²) in [5.74, 6) is -0.0634. The maximum absolute atomic E-state index is 11.7. The van der Waals surface area contributed by atoms with E-state index in [2.05, 4.69) is 5.32 Å². The van der Waals surface area contributed by atoms with Gasteiger partial charge in [-0.15, -0.1) is 22.7 Å². The van der Waals surface area contributed by atoms with Crippen molar-refractivity contribution in [2.75, 3.05) is 6.54 Å². The van der Waals surface area contributed by atoms with Gasteiger partial charge in [-0.3, -0.25) is 4.79 Å². The molecular weight excluding hydrogens is 266 g/mol. The predicted molar refractivity (Wildman–Crippen MR) is 75.3 cm³/mol. The fraction of sp³-hybridized carbons (Fsp3) is 0.308. The Hall–Kier alpha value is -1.17. The highest BCUT2D eigenvalue weighted by molar-refractivity contribution is 7.12. The monoisotopic (exact) mass is 281 g/mol. The van der Waals surface area contributed by atoms with Crippen molar-refractivity contribution in [3.8, 4) is 0 Å². The summed E-state index contributed by atoms with van der Waals surface area (Å²) in [5.41, 5.74) is 1.10. The van der Waals surface area contributed by atoms with Crippen LogP contribution >= 0.6 is 22.7 Å². The number of amides is 1. The van der Waals surface area contributed by atoms with Crippen molar-refractivity contribution in [2.24, 2.45) is 0 Å². The molecule has 0 saturated carbocycles. The number of carbonyl (C=O) groups is 1. The molecule has 0 spiro atoms. The van der Waals surface area contributed by atoms with Crippen molar-refractivity contribution >= 4 is 28.6 Å². The summed E-state index contributed by atoms with van der Waals surface area (Å²) in [7, 11) is 0. The van der Waals surface area contributed by atoms with Gasteiger partial charge >= 0.3 is 0 Å². The van der Waals surface area contributed by atoms with Crippen LogP contribution in [0.5, 0.6) is 0 Å². The highest BCUT2D eigenvalue weighted by atomic mass is 32.1. The number of hydrogen-bond acceptors (Lipinski definition) is 4. The van der Waals surface area contributed by atoms with Crippen LogP contribution in [0.2, 0.25) is 0 Å². The van der Waals surface area contributed by atoms with Gasteiger partial charge in [-0.2, -0.15) is 0 Å². The molecule has 0 bridgehead atoms. The standard InChI is InChI=1S/C13H15NO2S2/c1-9-7-12(18-8-9)13(16)14-5-4-10(15)11-3-2-6-17-11/h2-3,6-8,10,15H,4-5H2,1H3,(H,14,16). The molecule has 0 aliphatic heterocycles. The maximum atomic E-state index is 11.7. The van der Waals surface area contributed by atoms with Gasteiger partial charge in [0.15, 0.2) is 0 Å². The van der Waals surface area contributed by atoms with Crippen LogP contribution in [0.1, 0.15) is 32.6 Å². The van der Waals surface area contributed by atoms with E-state index < -0.39 is 6.10 Å². The third kappa shape index (κ3) is 3.41. The molecule has 0 radical (unpaired) electrons. The summed E-state index contributed by atoms with van der Waals surface area (Å²) < 4.78 is 0. The van der Waals surface area contributed by atoms with Crippen LogP contribution in [0.4, 0.5) is 0 Å². The lowest BCUT2D eigenvalue weighted by Gasteiger charge is -2.08. The number of rotatable bonds is 5. The second-order valence-corrected chi connectivity index (χ2v) is 5.95. The molecule has 2 N–H and O–H groups in total. The zero-order valence-electron chi connectivity index (χ0n) is 10.1. The second-order valence-electron chi connectivity index (χ2n) is 4.06. The average molecular weight is 281 g/mol. The average Bonchev–Trinajstić information content (AvgIpc) is 2.99. The van der Waals surface area contributed by atoms with Crippen LogP contribution in [-0.2, 0) is 0 Å². The third-order valence-electron chi connectivity index (χ3n) is 2.53. The van der Waals surface area contributed by atoms with Crippen LogP contribution in [0, 0.1) is 6.92 Å². The molecule has 0 saturated heterocycles. The second kappa shape index (κ2) is 6.13. The summed E-state index contributed by atoms with van der Waals surface area (Å²) in [5, 5.41) is 16.6. The summed E-state index contributed by atoms with van der Waals surface area (Å²) in [6.07, 6.45) is 0.0479. The highest BCUT2D eigenvalue weighted by Crippen LogP contribution is 2.21. The Kier molecular flexibility index (Phi) is 4.52. The molecule has 2 heterocycles. The summed E-state index contributed by atoms with van der Waals surface area (Å²) in [6.45, 7) is 2.45. The molecule has 18 heavy (non-hydrogen) atoms. The molecular formula is C13H15NO2S2. The van der Waals surface area contributed by atoms with Crippen LogP contribution in [0.3, 0.4) is 0 Å². The Morgan fingerprint density at radius 2 is 2.33 bits per heavy atom. The number of aliphatic hydroxyl groups is 1. The first-order chi connectivity index (χ1) is 8.66. The molecule has 96 valence electrons. The Morgan fingerprint density at radius 3 is 2.94 bits per heavy atom. The lowest BCUT2D eigenvalue weighted by molar-refractivity contribution is 0.0947. The number of thiophene rings is 2. The number of nitrogens with one attached hydrogen (secondary N) is 1. The van der Waals surface area contributed by atoms with Crippen molar-refractivity contribution in [1.29, 1.82) is 0 Å². The van der Waals surface area contributed by atoms with E-state index in [4.69, 9.17) is 0 Å². The van der Waals surface area contributed by atoms with E-state index in [0.29, 0.717) is 13.0 Å². The van der Waals surface area contributed by atoms with E-state index in [1.165, 1.54) is 22.7 Å². The van der Waals surface area contributed by atoms with Crippen LogP contribution < -0.4 is 5.32 Å². The third-order valence-corrected chi connectivity index (χ3v) is 4.55. The Labute approximate surface area is 114 Å². The summed E-state index contributed by atoms with van der Waals surface area (Å²) in [4.78, 5) is 13.4. The van der Waals surface area contributed by atoms with Gasteiger partial charge in [0, 0.05) is 11.4 Å². The van der Waals surface area contributed by atoms with Crippen molar-refractivity contribution in [3.05, 3.63) is 44.3 Å². The van der Waals surface area contributed by atoms with E-state index in [-0.39, 0.29) is 5.91 Å². The Balaban J connectivity index is 1.77. The van der Waals surface area contributed by atoms with Gasteiger partial charge < -0.3 is 10.4 Å². The minimum atomic E-state index is -0.490. The molecule has 5 heteroatoms. The minimum absolute atomic E-state index is 0.0634. The number of carbonyl (C=O) groups excluding carboxylic acids is 1. The van der Waals surface area contributed by atoms with Gasteiger partial charge in [0.2, 0.25) is 0 Å². The van der Waals surface area contributed by atoms with Gasteiger partial charge in [0.1, 0.15) is 0 Å². The van der Waals surface area contributed by atoms with E-state index in [0.717, 1.165) is 15.3 Å². The molecule has 1 amide bonds. The number of aryl methyl sites for hydroxylation is 1. The topological polar surface area (TPSA) is 49.3 Å². The predicted octanol–water partition coefficient (Wildman–Crippen LogP) is 2.97. The zero-order valence-corrected chi connectivity index (χ0v) is 11.7. The van der Waals surface area contributed by atoms with E-state index in [1.54, 1.807) is 0 Å².